The number of ether oxygens (including phenoxy) is 1. The second-order valence-electron chi connectivity index (χ2n) is 5.11. The molecule has 1 fully saturated rings. The third-order valence-electron chi connectivity index (χ3n) is 3.61. The standard InChI is InChI=1S/C14H19Cl2NO3S/c1-3-20-13-8-12(16)14(9-11(13)15)21(18,19)17-7-5-4-6-10(17)2/h8-10H,3-7H2,1-2H3/t10-/m1/s1. The lowest BCUT2D eigenvalue weighted by Gasteiger charge is -2.32. The first-order chi connectivity index (χ1) is 9.87. The van der Waals surface area contributed by atoms with Crippen molar-refractivity contribution in [2.75, 3.05) is 13.2 Å². The van der Waals surface area contributed by atoms with Crippen LogP contribution in [0.5, 0.6) is 5.75 Å². The van der Waals surface area contributed by atoms with Crippen LogP contribution in [0.2, 0.25) is 10.0 Å². The molecular weight excluding hydrogens is 333 g/mol. The van der Waals surface area contributed by atoms with Crippen molar-refractivity contribution >= 4 is 33.2 Å². The summed E-state index contributed by atoms with van der Waals surface area (Å²) in [4.78, 5) is 0.0476. The van der Waals surface area contributed by atoms with Gasteiger partial charge in [0.15, 0.2) is 0 Å². The van der Waals surface area contributed by atoms with E-state index >= 15 is 0 Å². The van der Waals surface area contributed by atoms with Crippen LogP contribution in [-0.4, -0.2) is 31.9 Å². The summed E-state index contributed by atoms with van der Waals surface area (Å²) in [5, 5.41) is 0.394. The highest BCUT2D eigenvalue weighted by molar-refractivity contribution is 7.89. The molecule has 0 bridgehead atoms. The zero-order valence-electron chi connectivity index (χ0n) is 12.1. The van der Waals surface area contributed by atoms with Crippen LogP contribution in [0, 0.1) is 0 Å². The molecule has 4 nitrogen and oxygen atoms in total. The third kappa shape index (κ3) is 3.47. The number of hydrogen-bond acceptors (Lipinski definition) is 3. The van der Waals surface area contributed by atoms with Crippen LogP contribution in [0.4, 0.5) is 0 Å². The molecule has 1 aromatic carbocycles. The van der Waals surface area contributed by atoms with E-state index in [0.29, 0.717) is 18.9 Å². The Morgan fingerprint density at radius 1 is 1.29 bits per heavy atom. The molecule has 0 spiro atoms. The Bertz CT molecular complexity index is 619. The minimum absolute atomic E-state index is 0.0230. The number of hydrogen-bond donors (Lipinski definition) is 0. The highest BCUT2D eigenvalue weighted by Crippen LogP contribution is 2.36. The highest BCUT2D eigenvalue weighted by atomic mass is 35.5. The molecule has 0 radical (unpaired) electrons. The zero-order chi connectivity index (χ0) is 15.6. The number of nitrogens with zero attached hydrogens (tertiary/aromatic N) is 1. The predicted octanol–water partition coefficient (Wildman–Crippen LogP) is 3.96. The van der Waals surface area contributed by atoms with Crippen LogP contribution < -0.4 is 4.74 Å². The Morgan fingerprint density at radius 3 is 2.62 bits per heavy atom. The van der Waals surface area contributed by atoms with Gasteiger partial charge in [0, 0.05) is 18.7 Å². The topological polar surface area (TPSA) is 46.6 Å². The molecular formula is C14H19Cl2NO3S. The van der Waals surface area contributed by atoms with E-state index < -0.39 is 10.0 Å². The monoisotopic (exact) mass is 351 g/mol. The molecule has 0 N–H and O–H groups in total. The summed E-state index contributed by atoms with van der Waals surface area (Å²) in [6.07, 6.45) is 2.78. The van der Waals surface area contributed by atoms with Gasteiger partial charge in [-0.15, -0.1) is 0 Å². The summed E-state index contributed by atoms with van der Waals surface area (Å²) in [7, 11) is -3.63. The number of halogens is 2. The molecule has 0 saturated carbocycles. The first-order valence-electron chi connectivity index (χ1n) is 7.01. The molecule has 1 aromatic rings. The SMILES string of the molecule is CCOc1cc(Cl)c(S(=O)(=O)N2CCCC[C@H]2C)cc1Cl. The van der Waals surface area contributed by atoms with Crippen LogP contribution in [0.25, 0.3) is 0 Å². The summed E-state index contributed by atoms with van der Waals surface area (Å²) in [5.74, 6) is 0.398. The van der Waals surface area contributed by atoms with E-state index in [4.69, 9.17) is 27.9 Å². The van der Waals surface area contributed by atoms with Gasteiger partial charge in [0.2, 0.25) is 10.0 Å². The van der Waals surface area contributed by atoms with Gasteiger partial charge in [0.25, 0.3) is 0 Å². The van der Waals surface area contributed by atoms with Gasteiger partial charge in [-0.2, -0.15) is 4.31 Å². The third-order valence-corrected chi connectivity index (χ3v) is 6.39. The van der Waals surface area contributed by atoms with Crippen LogP contribution >= 0.6 is 23.2 Å². The van der Waals surface area contributed by atoms with Gasteiger partial charge in [-0.3, -0.25) is 0 Å². The number of piperidine rings is 1. The summed E-state index contributed by atoms with van der Waals surface area (Å²) in [5.41, 5.74) is 0. The quantitative estimate of drug-likeness (QED) is 0.824. The van der Waals surface area contributed by atoms with E-state index in [1.54, 1.807) is 0 Å². The van der Waals surface area contributed by atoms with Crippen molar-refractivity contribution < 1.29 is 13.2 Å². The lowest BCUT2D eigenvalue weighted by atomic mass is 10.1. The average Bonchev–Trinajstić information content (AvgIpc) is 2.43. The van der Waals surface area contributed by atoms with Gasteiger partial charge >= 0.3 is 0 Å². The normalized spacial score (nSPS) is 20.5. The average molecular weight is 352 g/mol. The van der Waals surface area contributed by atoms with Crippen LogP contribution in [0.15, 0.2) is 17.0 Å². The maximum absolute atomic E-state index is 12.8. The van der Waals surface area contributed by atoms with Crippen LogP contribution in [0.3, 0.4) is 0 Å². The number of sulfonamides is 1. The van der Waals surface area contributed by atoms with Crippen molar-refractivity contribution in [2.24, 2.45) is 0 Å². The minimum atomic E-state index is -3.63. The second kappa shape index (κ2) is 6.73. The van der Waals surface area contributed by atoms with Gasteiger partial charge in [-0.05, 0) is 32.8 Å². The fourth-order valence-corrected chi connectivity index (χ4v) is 5.03. The predicted molar refractivity (Wildman–Crippen MR) is 84.8 cm³/mol. The van der Waals surface area contributed by atoms with Crippen molar-refractivity contribution in [3.05, 3.63) is 22.2 Å². The Morgan fingerprint density at radius 2 is 2.00 bits per heavy atom. The second-order valence-corrected chi connectivity index (χ2v) is 7.78. The molecule has 7 heteroatoms. The zero-order valence-corrected chi connectivity index (χ0v) is 14.4. The Labute approximate surface area is 136 Å². The van der Waals surface area contributed by atoms with Crippen molar-refractivity contribution in [3.63, 3.8) is 0 Å². The molecule has 1 saturated heterocycles. The van der Waals surface area contributed by atoms with Crippen LogP contribution in [-0.2, 0) is 10.0 Å². The van der Waals surface area contributed by atoms with Gasteiger partial charge in [-0.1, -0.05) is 29.6 Å². The lowest BCUT2D eigenvalue weighted by molar-refractivity contribution is 0.268. The molecule has 118 valence electrons. The maximum Gasteiger partial charge on any atom is 0.244 e. The minimum Gasteiger partial charge on any atom is -0.492 e. The largest absolute Gasteiger partial charge is 0.492 e. The first-order valence-corrected chi connectivity index (χ1v) is 9.21. The van der Waals surface area contributed by atoms with E-state index in [-0.39, 0.29) is 21.0 Å². The van der Waals surface area contributed by atoms with Crippen LogP contribution in [0.1, 0.15) is 33.1 Å². The summed E-state index contributed by atoms with van der Waals surface area (Å²) >= 11 is 12.2. The summed E-state index contributed by atoms with van der Waals surface area (Å²) in [6, 6.07) is 2.82. The Hall–Kier alpha value is -0.490. The van der Waals surface area contributed by atoms with E-state index in [9.17, 15) is 8.42 Å². The molecule has 0 aromatic heterocycles. The molecule has 0 aliphatic carbocycles. The highest BCUT2D eigenvalue weighted by Gasteiger charge is 2.33. The molecule has 0 amide bonds. The molecule has 0 unspecified atom stereocenters. The van der Waals surface area contributed by atoms with Gasteiger partial charge in [-0.25, -0.2) is 8.42 Å². The van der Waals surface area contributed by atoms with Crippen molar-refractivity contribution in [2.45, 2.75) is 44.0 Å². The van der Waals surface area contributed by atoms with Gasteiger partial charge in [0.1, 0.15) is 10.6 Å². The Balaban J connectivity index is 2.42. The van der Waals surface area contributed by atoms with E-state index in [2.05, 4.69) is 0 Å². The maximum atomic E-state index is 12.8. The molecule has 2 rings (SSSR count). The summed E-state index contributed by atoms with van der Waals surface area (Å²) < 4.78 is 32.4. The fourth-order valence-electron chi connectivity index (χ4n) is 2.53. The molecule has 1 atom stereocenters. The fraction of sp³-hybridized carbons (Fsp3) is 0.571. The summed E-state index contributed by atoms with van der Waals surface area (Å²) in [6.45, 7) is 4.70. The first kappa shape index (κ1) is 16.9. The van der Waals surface area contributed by atoms with E-state index in [1.807, 2.05) is 13.8 Å². The van der Waals surface area contributed by atoms with Gasteiger partial charge in [0.05, 0.1) is 16.7 Å². The van der Waals surface area contributed by atoms with Gasteiger partial charge < -0.3 is 4.74 Å². The molecule has 21 heavy (non-hydrogen) atoms. The lowest BCUT2D eigenvalue weighted by Crippen LogP contribution is -2.42. The smallest absolute Gasteiger partial charge is 0.244 e. The number of rotatable bonds is 4. The van der Waals surface area contributed by atoms with Crippen molar-refractivity contribution in [3.8, 4) is 5.75 Å². The number of benzene rings is 1. The molecule has 1 aliphatic rings. The molecule has 1 aliphatic heterocycles. The van der Waals surface area contributed by atoms with E-state index in [0.717, 1.165) is 19.3 Å². The molecule has 1 heterocycles. The van der Waals surface area contributed by atoms with E-state index in [1.165, 1.54) is 16.4 Å². The van der Waals surface area contributed by atoms with Crippen molar-refractivity contribution in [1.29, 1.82) is 0 Å². The van der Waals surface area contributed by atoms with Crippen molar-refractivity contribution in [1.82, 2.24) is 4.31 Å². The Kier molecular flexibility index (Phi) is 5.41.